The van der Waals surface area contributed by atoms with Crippen molar-refractivity contribution in [1.29, 1.82) is 0 Å². The zero-order valence-electron chi connectivity index (χ0n) is 15.4. The Kier molecular flexibility index (Phi) is 4.96. The molecule has 1 aliphatic rings. The van der Waals surface area contributed by atoms with Crippen molar-refractivity contribution in [3.05, 3.63) is 65.1 Å². The predicted octanol–water partition coefficient (Wildman–Crippen LogP) is 3.45. The molecule has 1 amide bonds. The van der Waals surface area contributed by atoms with Gasteiger partial charge in [-0.2, -0.15) is 0 Å². The number of hydrogen-bond donors (Lipinski definition) is 0. The molecular weight excluding hydrogens is 376 g/mol. The first kappa shape index (κ1) is 18.4. The second kappa shape index (κ2) is 7.56. The lowest BCUT2D eigenvalue weighted by molar-refractivity contribution is 0.0746. The minimum atomic E-state index is -0.0571. The Bertz CT molecular complexity index is 1050. The lowest BCUT2D eigenvalue weighted by Gasteiger charge is -2.37. The smallest absolute Gasteiger partial charge is 0.255 e. The van der Waals surface area contributed by atoms with E-state index in [2.05, 4.69) is 14.9 Å². The van der Waals surface area contributed by atoms with Gasteiger partial charge in [0.15, 0.2) is 5.78 Å². The van der Waals surface area contributed by atoms with E-state index in [1.165, 1.54) is 6.92 Å². The number of benzene rings is 1. The summed E-state index contributed by atoms with van der Waals surface area (Å²) in [6, 6.07) is 8.98. The Labute approximate surface area is 167 Å². The summed E-state index contributed by atoms with van der Waals surface area (Å²) < 4.78 is 0. The quantitative estimate of drug-likeness (QED) is 0.636. The largest absolute Gasteiger partial charge is 0.366 e. The lowest BCUT2D eigenvalue weighted by atomic mass is 10.0. The number of rotatable bonds is 3. The molecule has 1 fully saturated rings. The highest BCUT2D eigenvalue weighted by Crippen LogP contribution is 2.35. The van der Waals surface area contributed by atoms with Crippen molar-refractivity contribution in [2.24, 2.45) is 0 Å². The van der Waals surface area contributed by atoms with E-state index in [-0.39, 0.29) is 11.7 Å². The standard InChI is InChI=1S/C21H19ClN4O2/c1-14(27)17-12-18(22)16-5-3-7-24-19(16)20(17)25-8-10-26(11-9-25)21(28)15-4-2-6-23-13-15/h2-7,12-13H,8-11H2,1H3. The van der Waals surface area contributed by atoms with Crippen LogP contribution in [0.2, 0.25) is 5.02 Å². The van der Waals surface area contributed by atoms with E-state index in [1.54, 1.807) is 36.8 Å². The van der Waals surface area contributed by atoms with Crippen LogP contribution in [0, 0.1) is 0 Å². The number of fused-ring (bicyclic) bond motifs is 1. The number of anilines is 1. The second-order valence-corrected chi connectivity index (χ2v) is 7.14. The highest BCUT2D eigenvalue weighted by Gasteiger charge is 2.26. The molecule has 1 saturated heterocycles. The Morgan fingerprint density at radius 3 is 2.50 bits per heavy atom. The van der Waals surface area contributed by atoms with Crippen LogP contribution in [0.5, 0.6) is 0 Å². The van der Waals surface area contributed by atoms with Gasteiger partial charge in [0.25, 0.3) is 5.91 Å². The number of ketones is 1. The number of carbonyl (C=O) groups excluding carboxylic acids is 2. The van der Waals surface area contributed by atoms with Crippen LogP contribution in [0.1, 0.15) is 27.6 Å². The number of halogens is 1. The normalized spacial score (nSPS) is 14.4. The zero-order valence-corrected chi connectivity index (χ0v) is 16.2. The number of hydrogen-bond acceptors (Lipinski definition) is 5. The molecule has 7 heteroatoms. The van der Waals surface area contributed by atoms with Crippen molar-refractivity contribution >= 4 is 39.9 Å². The molecular formula is C21H19ClN4O2. The first-order chi connectivity index (χ1) is 13.6. The SMILES string of the molecule is CC(=O)c1cc(Cl)c2cccnc2c1N1CCN(C(=O)c2cccnc2)CC1. The molecule has 0 bridgehead atoms. The van der Waals surface area contributed by atoms with Gasteiger partial charge in [-0.25, -0.2) is 0 Å². The molecule has 1 aliphatic heterocycles. The fourth-order valence-electron chi connectivity index (χ4n) is 3.58. The van der Waals surface area contributed by atoms with E-state index in [1.807, 2.05) is 17.0 Å². The molecule has 0 unspecified atom stereocenters. The van der Waals surface area contributed by atoms with Gasteiger partial charge in [-0.1, -0.05) is 11.6 Å². The summed E-state index contributed by atoms with van der Waals surface area (Å²) in [5, 5.41) is 1.33. The molecule has 1 aromatic carbocycles. The maximum atomic E-state index is 12.7. The number of pyridine rings is 2. The van der Waals surface area contributed by atoms with Gasteiger partial charge in [0, 0.05) is 55.7 Å². The van der Waals surface area contributed by atoms with Crippen LogP contribution in [0.15, 0.2) is 48.9 Å². The Morgan fingerprint density at radius 2 is 1.82 bits per heavy atom. The van der Waals surface area contributed by atoms with Gasteiger partial charge in [0.1, 0.15) is 0 Å². The molecule has 6 nitrogen and oxygen atoms in total. The molecule has 0 N–H and O–H groups in total. The molecule has 0 spiro atoms. The van der Waals surface area contributed by atoms with E-state index in [0.29, 0.717) is 47.8 Å². The first-order valence-corrected chi connectivity index (χ1v) is 9.46. The zero-order chi connectivity index (χ0) is 19.7. The number of aromatic nitrogens is 2. The summed E-state index contributed by atoms with van der Waals surface area (Å²) in [6.45, 7) is 3.87. The third-order valence-corrected chi connectivity index (χ3v) is 5.30. The molecule has 0 aliphatic carbocycles. The summed E-state index contributed by atoms with van der Waals surface area (Å²) in [7, 11) is 0. The Hall–Kier alpha value is -2.99. The Balaban J connectivity index is 1.64. The van der Waals surface area contributed by atoms with Crippen molar-refractivity contribution in [1.82, 2.24) is 14.9 Å². The maximum Gasteiger partial charge on any atom is 0.255 e. The van der Waals surface area contributed by atoms with Crippen LogP contribution >= 0.6 is 11.6 Å². The van der Waals surface area contributed by atoms with Crippen LogP contribution in [0.25, 0.3) is 10.9 Å². The van der Waals surface area contributed by atoms with E-state index < -0.39 is 0 Å². The van der Waals surface area contributed by atoms with Gasteiger partial charge in [0.2, 0.25) is 0 Å². The lowest BCUT2D eigenvalue weighted by Crippen LogP contribution is -2.49. The monoisotopic (exact) mass is 394 g/mol. The number of Topliss-reactive ketones (excluding diaryl/α,β-unsaturated/α-hetero) is 1. The molecule has 2 aromatic heterocycles. The highest BCUT2D eigenvalue weighted by atomic mass is 35.5. The second-order valence-electron chi connectivity index (χ2n) is 6.73. The van der Waals surface area contributed by atoms with Crippen LogP contribution in [-0.4, -0.2) is 52.7 Å². The van der Waals surface area contributed by atoms with Crippen molar-refractivity contribution in [2.45, 2.75) is 6.92 Å². The summed E-state index contributed by atoms with van der Waals surface area (Å²) in [5.41, 5.74) is 2.65. The van der Waals surface area contributed by atoms with Crippen LogP contribution in [0.4, 0.5) is 5.69 Å². The third kappa shape index (κ3) is 3.31. The van der Waals surface area contributed by atoms with Crippen molar-refractivity contribution < 1.29 is 9.59 Å². The Morgan fingerprint density at radius 1 is 1.07 bits per heavy atom. The van der Waals surface area contributed by atoms with E-state index in [9.17, 15) is 9.59 Å². The molecule has 3 aromatic rings. The topological polar surface area (TPSA) is 66.4 Å². The fraction of sp³-hybridized carbons (Fsp3) is 0.238. The summed E-state index contributed by atoms with van der Waals surface area (Å²) in [6.07, 6.45) is 4.93. The summed E-state index contributed by atoms with van der Waals surface area (Å²) in [4.78, 5) is 37.4. The molecule has 0 atom stereocenters. The van der Waals surface area contributed by atoms with Crippen molar-refractivity contribution in [3.8, 4) is 0 Å². The van der Waals surface area contributed by atoms with Gasteiger partial charge in [-0.3, -0.25) is 19.6 Å². The third-order valence-electron chi connectivity index (χ3n) is 4.99. The van der Waals surface area contributed by atoms with E-state index in [4.69, 9.17) is 11.6 Å². The first-order valence-electron chi connectivity index (χ1n) is 9.08. The molecule has 4 rings (SSSR count). The molecule has 0 saturated carbocycles. The summed E-state index contributed by atoms with van der Waals surface area (Å²) >= 11 is 6.38. The summed E-state index contributed by atoms with van der Waals surface area (Å²) in [5.74, 6) is -0.0862. The fourth-order valence-corrected chi connectivity index (χ4v) is 3.84. The van der Waals surface area contributed by atoms with Crippen molar-refractivity contribution in [2.75, 3.05) is 31.1 Å². The van der Waals surface area contributed by atoms with E-state index >= 15 is 0 Å². The highest BCUT2D eigenvalue weighted by molar-refractivity contribution is 6.36. The molecule has 142 valence electrons. The van der Waals surface area contributed by atoms with Crippen LogP contribution in [0.3, 0.4) is 0 Å². The van der Waals surface area contributed by atoms with Crippen LogP contribution in [-0.2, 0) is 0 Å². The van der Waals surface area contributed by atoms with Gasteiger partial charge < -0.3 is 9.80 Å². The maximum absolute atomic E-state index is 12.7. The molecule has 0 radical (unpaired) electrons. The van der Waals surface area contributed by atoms with Gasteiger partial charge in [-0.05, 0) is 37.3 Å². The predicted molar refractivity (Wildman–Crippen MR) is 109 cm³/mol. The number of carbonyl (C=O) groups is 2. The minimum absolute atomic E-state index is 0.0290. The van der Waals surface area contributed by atoms with Crippen molar-refractivity contribution in [3.63, 3.8) is 0 Å². The number of amides is 1. The molecule has 28 heavy (non-hydrogen) atoms. The van der Waals surface area contributed by atoms with Gasteiger partial charge in [0.05, 0.1) is 21.8 Å². The van der Waals surface area contributed by atoms with Gasteiger partial charge in [-0.15, -0.1) is 0 Å². The number of piperazine rings is 1. The minimum Gasteiger partial charge on any atom is -0.366 e. The molecule has 3 heterocycles. The number of nitrogens with zero attached hydrogens (tertiary/aromatic N) is 4. The average molecular weight is 395 g/mol. The van der Waals surface area contributed by atoms with Crippen LogP contribution < -0.4 is 4.90 Å². The average Bonchev–Trinajstić information content (AvgIpc) is 2.74. The van der Waals surface area contributed by atoms with Gasteiger partial charge >= 0.3 is 0 Å². The van der Waals surface area contributed by atoms with E-state index in [0.717, 1.165) is 11.1 Å².